The molecular weight excluding hydrogens is 999 g/mol. The smallest absolute Gasteiger partial charge is 0.736 e. The average Bonchev–Trinajstić information content (AvgIpc) is 3.66. The Labute approximate surface area is 462 Å². The molecule has 0 saturated heterocycles. The van der Waals surface area contributed by atoms with Crippen LogP contribution in [0.1, 0.15) is 0 Å². The summed E-state index contributed by atoms with van der Waals surface area (Å²) < 4.78 is 50.2. The molecule has 0 unspecified atom stereocenters. The zero-order valence-electron chi connectivity index (χ0n) is 40.0. The van der Waals surface area contributed by atoms with Crippen molar-refractivity contribution in [3.8, 4) is 89.8 Å². The predicted molar refractivity (Wildman–Crippen MR) is 299 cm³/mol. The molecule has 12 aromatic rings. The van der Waals surface area contributed by atoms with Gasteiger partial charge in [-0.15, -0.1) is 0 Å². The molecule has 356 valence electrons. The van der Waals surface area contributed by atoms with Crippen LogP contribution in [-0.2, 0) is 9.13 Å². The summed E-state index contributed by atoms with van der Waals surface area (Å²) in [7, 11) is -9.59. The molecule has 75 heavy (non-hydrogen) atoms. The van der Waals surface area contributed by atoms with Gasteiger partial charge >= 0.3 is 53.4 Å². The zero-order valence-corrected chi connectivity index (χ0v) is 44.0. The predicted octanol–water partition coefficient (Wildman–Crippen LogP) is 16.1. The van der Waals surface area contributed by atoms with Crippen LogP contribution in [0.4, 0.5) is 0 Å². The molecule has 0 bridgehead atoms. The SMILES string of the molecule is O=P1([O-])Oc2c(-c3ccccc3)cc3ccccc3c2-c2c(c(-c3ccccc3)cc3ccccc23)O1.O=P1([O-])Oc2c(-c3ccccc3)cc3ccccc3c2-c2c(c(-c3ccccc3)cc3ccccc23)O1.[Ca+2]. The number of phosphoric acid groups is 2. The van der Waals surface area contributed by atoms with E-state index in [0.29, 0.717) is 44.5 Å². The Morgan fingerprint density at radius 2 is 0.453 bits per heavy atom. The van der Waals surface area contributed by atoms with Gasteiger partial charge in [0.1, 0.15) is 23.0 Å². The quantitative estimate of drug-likeness (QED) is 0.126. The van der Waals surface area contributed by atoms with E-state index in [1.54, 1.807) is 0 Å². The van der Waals surface area contributed by atoms with Crippen LogP contribution in [0.5, 0.6) is 23.0 Å². The first-order valence-electron chi connectivity index (χ1n) is 24.0. The van der Waals surface area contributed by atoms with Gasteiger partial charge in [0.2, 0.25) is 0 Å². The second-order valence-electron chi connectivity index (χ2n) is 18.1. The Morgan fingerprint density at radius 1 is 0.267 bits per heavy atom. The Balaban J connectivity index is 0.000000150. The number of hydrogen-bond acceptors (Lipinski definition) is 8. The van der Waals surface area contributed by atoms with Gasteiger partial charge in [-0.1, -0.05) is 218 Å². The third-order valence-electron chi connectivity index (χ3n) is 13.7. The first kappa shape index (κ1) is 48.5. The molecule has 11 heteroatoms. The van der Waals surface area contributed by atoms with Gasteiger partial charge in [0.15, 0.2) is 0 Å². The van der Waals surface area contributed by atoms with Crippen LogP contribution in [0.3, 0.4) is 0 Å². The second-order valence-corrected chi connectivity index (χ2v) is 20.6. The van der Waals surface area contributed by atoms with Crippen molar-refractivity contribution in [3.05, 3.63) is 243 Å². The molecule has 12 aromatic carbocycles. The Morgan fingerprint density at radius 3 is 0.667 bits per heavy atom. The van der Waals surface area contributed by atoms with Gasteiger partial charge in [-0.3, -0.25) is 0 Å². The van der Waals surface area contributed by atoms with Gasteiger partial charge < -0.3 is 27.9 Å². The van der Waals surface area contributed by atoms with Crippen molar-refractivity contribution in [1.29, 1.82) is 0 Å². The summed E-state index contributed by atoms with van der Waals surface area (Å²) >= 11 is 0. The van der Waals surface area contributed by atoms with Crippen LogP contribution < -0.4 is 27.9 Å². The van der Waals surface area contributed by atoms with Gasteiger partial charge in [0.25, 0.3) is 0 Å². The molecule has 0 aromatic heterocycles. The Kier molecular flexibility index (Phi) is 12.7. The average molecular weight is 1040 g/mol. The van der Waals surface area contributed by atoms with Crippen LogP contribution in [-0.4, -0.2) is 37.7 Å². The molecule has 2 aliphatic heterocycles. The van der Waals surface area contributed by atoms with Gasteiger partial charge in [-0.2, -0.15) is 0 Å². The fourth-order valence-electron chi connectivity index (χ4n) is 10.5. The molecule has 2 heterocycles. The molecular formula is C64H40CaO8P2. The van der Waals surface area contributed by atoms with Gasteiger partial charge in [-0.25, -0.2) is 9.13 Å². The minimum absolute atomic E-state index is 0. The summed E-state index contributed by atoms with van der Waals surface area (Å²) in [5.74, 6) is 1.10. The van der Waals surface area contributed by atoms with E-state index in [1.165, 1.54) is 0 Å². The summed E-state index contributed by atoms with van der Waals surface area (Å²) in [5.41, 5.74) is 9.01. The molecule has 0 radical (unpaired) electrons. The van der Waals surface area contributed by atoms with E-state index in [0.717, 1.165) is 65.3 Å². The summed E-state index contributed by atoms with van der Waals surface area (Å²) in [4.78, 5) is 26.8. The molecule has 0 atom stereocenters. The fourth-order valence-corrected chi connectivity index (χ4v) is 12.2. The summed E-state index contributed by atoms with van der Waals surface area (Å²) in [5, 5.41) is 7.47. The molecule has 0 spiro atoms. The Hall–Kier alpha value is -7.48. The van der Waals surface area contributed by atoms with Crippen LogP contribution in [0.15, 0.2) is 243 Å². The van der Waals surface area contributed by atoms with Gasteiger partial charge in [0, 0.05) is 44.5 Å². The third kappa shape index (κ3) is 8.89. The van der Waals surface area contributed by atoms with Crippen LogP contribution in [0, 0.1) is 0 Å². The number of fused-ring (bicyclic) bond motifs is 14. The van der Waals surface area contributed by atoms with E-state index in [1.807, 2.05) is 243 Å². The zero-order chi connectivity index (χ0) is 50.0. The fraction of sp³-hybridized carbons (Fsp3) is 0. The van der Waals surface area contributed by atoms with Gasteiger partial charge in [-0.05, 0) is 89.6 Å². The molecule has 0 N–H and O–H groups in total. The standard InChI is InChI=1S/2C32H21O4P.Ca/c2*33-37(34)35-31-27(21-11-3-1-4-12-21)19-23-15-7-9-17-25(23)29(31)30-26-18-10-8-16-24(26)20-28(32(30)36-37)22-13-5-2-6-14-22;/h2*1-20H,(H,33,34);/q;;+2/p-2. The third-order valence-corrected chi connectivity index (χ3v) is 15.3. The van der Waals surface area contributed by atoms with E-state index in [2.05, 4.69) is 0 Å². The largest absolute Gasteiger partial charge is 2.00 e. The van der Waals surface area contributed by atoms with Crippen molar-refractivity contribution in [2.24, 2.45) is 0 Å². The molecule has 8 nitrogen and oxygen atoms in total. The molecule has 0 fully saturated rings. The topological polar surface area (TPSA) is 117 Å². The van der Waals surface area contributed by atoms with Crippen molar-refractivity contribution in [3.63, 3.8) is 0 Å². The molecule has 0 saturated carbocycles. The van der Waals surface area contributed by atoms with E-state index in [4.69, 9.17) is 18.1 Å². The molecule has 0 amide bonds. The van der Waals surface area contributed by atoms with Crippen LogP contribution in [0.2, 0.25) is 0 Å². The van der Waals surface area contributed by atoms with Gasteiger partial charge in [0.05, 0.1) is 0 Å². The molecule has 2 aliphatic rings. The second kappa shape index (κ2) is 19.7. The Bertz CT molecular complexity index is 3740. The van der Waals surface area contributed by atoms with Crippen LogP contribution >= 0.6 is 15.6 Å². The van der Waals surface area contributed by atoms with Crippen molar-refractivity contribution < 1.29 is 37.0 Å². The summed E-state index contributed by atoms with van der Waals surface area (Å²) in [6.07, 6.45) is 0. The maximum atomic E-state index is 13.4. The first-order valence-corrected chi connectivity index (χ1v) is 27.0. The number of hydrogen-bond donors (Lipinski definition) is 0. The van der Waals surface area contributed by atoms with Crippen LogP contribution in [0.25, 0.3) is 110 Å². The summed E-state index contributed by atoms with van der Waals surface area (Å²) in [6.45, 7) is 0. The molecule has 0 aliphatic carbocycles. The van der Waals surface area contributed by atoms with E-state index >= 15 is 0 Å². The number of benzene rings is 12. The summed E-state index contributed by atoms with van der Waals surface area (Å²) in [6, 6.07) is 78.6. The first-order chi connectivity index (χ1) is 36.2. The molecule has 14 rings (SSSR count). The van der Waals surface area contributed by atoms with Crippen molar-refractivity contribution in [1.82, 2.24) is 0 Å². The van der Waals surface area contributed by atoms with E-state index in [-0.39, 0.29) is 60.7 Å². The maximum absolute atomic E-state index is 13.4. The van der Waals surface area contributed by atoms with Crippen molar-refractivity contribution >= 4 is 96.5 Å². The minimum atomic E-state index is -4.80. The normalized spacial score (nSPS) is 13.6. The number of rotatable bonds is 4. The van der Waals surface area contributed by atoms with Crippen molar-refractivity contribution in [2.45, 2.75) is 0 Å². The minimum Gasteiger partial charge on any atom is -0.736 e. The van der Waals surface area contributed by atoms with E-state index < -0.39 is 15.6 Å². The van der Waals surface area contributed by atoms with Crippen molar-refractivity contribution in [2.75, 3.05) is 0 Å². The monoisotopic (exact) mass is 1040 g/mol. The van der Waals surface area contributed by atoms with E-state index in [9.17, 15) is 18.9 Å². The number of phosphoric ester groups is 2. The maximum Gasteiger partial charge on any atom is 2.00 e.